The van der Waals surface area contributed by atoms with Gasteiger partial charge in [-0.1, -0.05) is 28.1 Å². The van der Waals surface area contributed by atoms with E-state index in [2.05, 4.69) is 21.2 Å². The summed E-state index contributed by atoms with van der Waals surface area (Å²) in [7, 11) is 0. The van der Waals surface area contributed by atoms with Crippen LogP contribution >= 0.6 is 27.7 Å². The summed E-state index contributed by atoms with van der Waals surface area (Å²) in [4.78, 5) is 11.8. The van der Waals surface area contributed by atoms with Crippen molar-refractivity contribution in [2.45, 2.75) is 24.6 Å². The van der Waals surface area contributed by atoms with E-state index in [4.69, 9.17) is 5.11 Å². The zero-order valence-electron chi connectivity index (χ0n) is 10.5. The smallest absolute Gasteiger partial charge is 0.224 e. The van der Waals surface area contributed by atoms with Crippen LogP contribution in [0, 0.1) is 0 Å². The Morgan fingerprint density at radius 1 is 1.44 bits per heavy atom. The molecule has 0 bridgehead atoms. The molecule has 1 amide bonds. The lowest BCUT2D eigenvalue weighted by Crippen LogP contribution is -2.41. The van der Waals surface area contributed by atoms with Gasteiger partial charge < -0.3 is 10.4 Å². The third kappa shape index (κ3) is 5.00. The topological polar surface area (TPSA) is 49.3 Å². The van der Waals surface area contributed by atoms with E-state index in [1.165, 1.54) is 0 Å². The van der Waals surface area contributed by atoms with E-state index in [1.54, 1.807) is 11.8 Å². The number of aliphatic hydroxyl groups is 1. The molecule has 1 aromatic rings. The van der Waals surface area contributed by atoms with E-state index in [-0.39, 0.29) is 23.8 Å². The van der Waals surface area contributed by atoms with E-state index in [0.717, 1.165) is 10.0 Å². The number of hydrogen-bond acceptors (Lipinski definition) is 3. The largest absolute Gasteiger partial charge is 0.395 e. The summed E-state index contributed by atoms with van der Waals surface area (Å²) in [5.74, 6) is -0.0164. The van der Waals surface area contributed by atoms with Crippen LogP contribution in [-0.4, -0.2) is 35.2 Å². The molecular weight excluding hydrogens is 314 g/mol. The Bertz CT molecular complexity index is 379. The van der Waals surface area contributed by atoms with Crippen molar-refractivity contribution >= 4 is 33.6 Å². The standard InChI is InChI=1S/C13H18BrNO2S/c1-9(12(8-16)18-2)15-13(17)7-10-3-5-11(14)6-4-10/h3-6,9,12,16H,7-8H2,1-2H3,(H,15,17). The molecule has 0 saturated carbocycles. The van der Waals surface area contributed by atoms with Gasteiger partial charge in [0.05, 0.1) is 13.0 Å². The monoisotopic (exact) mass is 331 g/mol. The van der Waals surface area contributed by atoms with Crippen LogP contribution in [0.1, 0.15) is 12.5 Å². The first-order chi connectivity index (χ1) is 8.56. The van der Waals surface area contributed by atoms with Gasteiger partial charge in [-0.15, -0.1) is 0 Å². The Morgan fingerprint density at radius 3 is 2.56 bits per heavy atom. The number of nitrogens with one attached hydrogen (secondary N) is 1. The molecular formula is C13H18BrNO2S. The zero-order chi connectivity index (χ0) is 13.5. The zero-order valence-corrected chi connectivity index (χ0v) is 12.9. The van der Waals surface area contributed by atoms with Crippen LogP contribution in [0.5, 0.6) is 0 Å². The lowest BCUT2D eigenvalue weighted by Gasteiger charge is -2.21. The maximum atomic E-state index is 11.8. The van der Waals surface area contributed by atoms with Gasteiger partial charge in [-0.25, -0.2) is 0 Å². The van der Waals surface area contributed by atoms with Crippen LogP contribution in [-0.2, 0) is 11.2 Å². The van der Waals surface area contributed by atoms with Crippen molar-refractivity contribution in [3.8, 4) is 0 Å². The first-order valence-electron chi connectivity index (χ1n) is 5.74. The molecule has 3 nitrogen and oxygen atoms in total. The predicted molar refractivity (Wildman–Crippen MR) is 79.8 cm³/mol. The highest BCUT2D eigenvalue weighted by Gasteiger charge is 2.17. The lowest BCUT2D eigenvalue weighted by molar-refractivity contribution is -0.121. The lowest BCUT2D eigenvalue weighted by atomic mass is 10.1. The molecule has 2 N–H and O–H groups in total. The Hall–Kier alpha value is -0.520. The summed E-state index contributed by atoms with van der Waals surface area (Å²) in [5, 5.41) is 12.1. The summed E-state index contributed by atoms with van der Waals surface area (Å²) in [6.45, 7) is 1.98. The van der Waals surface area contributed by atoms with Gasteiger partial charge >= 0.3 is 0 Å². The molecule has 0 aliphatic heterocycles. The van der Waals surface area contributed by atoms with Gasteiger partial charge in [0, 0.05) is 15.8 Å². The van der Waals surface area contributed by atoms with Gasteiger partial charge in [0.15, 0.2) is 0 Å². The van der Waals surface area contributed by atoms with Gasteiger partial charge in [0.25, 0.3) is 0 Å². The van der Waals surface area contributed by atoms with E-state index >= 15 is 0 Å². The van der Waals surface area contributed by atoms with Gasteiger partial charge in [0.1, 0.15) is 0 Å². The van der Waals surface area contributed by atoms with Crippen molar-refractivity contribution < 1.29 is 9.90 Å². The number of halogens is 1. The molecule has 0 aliphatic carbocycles. The van der Waals surface area contributed by atoms with E-state index in [9.17, 15) is 4.79 Å². The number of rotatable bonds is 6. The number of carbonyl (C=O) groups is 1. The third-order valence-electron chi connectivity index (χ3n) is 2.71. The molecule has 0 aromatic heterocycles. The molecule has 0 aliphatic rings. The molecule has 5 heteroatoms. The second-order valence-corrected chi connectivity index (χ2v) is 6.11. The molecule has 18 heavy (non-hydrogen) atoms. The van der Waals surface area contributed by atoms with Crippen molar-refractivity contribution in [3.63, 3.8) is 0 Å². The minimum atomic E-state index is -0.0343. The first-order valence-corrected chi connectivity index (χ1v) is 7.82. The fourth-order valence-electron chi connectivity index (χ4n) is 1.62. The molecule has 0 saturated heterocycles. The molecule has 1 aromatic carbocycles. The summed E-state index contributed by atoms with van der Waals surface area (Å²) in [5.41, 5.74) is 0.979. The number of benzene rings is 1. The highest BCUT2D eigenvalue weighted by molar-refractivity contribution is 9.10. The molecule has 1 rings (SSSR count). The maximum absolute atomic E-state index is 11.8. The summed E-state index contributed by atoms with van der Waals surface area (Å²) < 4.78 is 1.00. The van der Waals surface area contributed by atoms with Crippen LogP contribution in [0.4, 0.5) is 0 Å². The summed E-state index contributed by atoms with van der Waals surface area (Å²) in [6.07, 6.45) is 2.29. The summed E-state index contributed by atoms with van der Waals surface area (Å²) >= 11 is 4.92. The fraction of sp³-hybridized carbons (Fsp3) is 0.462. The maximum Gasteiger partial charge on any atom is 0.224 e. The number of hydrogen-bond donors (Lipinski definition) is 2. The minimum absolute atomic E-state index is 0.0164. The Morgan fingerprint density at radius 2 is 2.06 bits per heavy atom. The molecule has 0 radical (unpaired) electrons. The normalized spacial score (nSPS) is 14.0. The van der Waals surface area contributed by atoms with Crippen molar-refractivity contribution in [2.75, 3.05) is 12.9 Å². The van der Waals surface area contributed by atoms with E-state index < -0.39 is 0 Å². The van der Waals surface area contributed by atoms with Gasteiger partial charge in [-0.3, -0.25) is 4.79 Å². The van der Waals surface area contributed by atoms with Crippen LogP contribution in [0.2, 0.25) is 0 Å². The number of thioether (sulfide) groups is 1. The summed E-state index contributed by atoms with van der Waals surface area (Å²) in [6, 6.07) is 7.65. The molecule has 2 atom stereocenters. The van der Waals surface area contributed by atoms with Crippen molar-refractivity contribution in [1.82, 2.24) is 5.32 Å². The van der Waals surface area contributed by atoms with Crippen LogP contribution in [0.3, 0.4) is 0 Å². The number of aliphatic hydroxyl groups excluding tert-OH is 1. The molecule has 0 heterocycles. The van der Waals surface area contributed by atoms with Crippen molar-refractivity contribution in [1.29, 1.82) is 0 Å². The highest BCUT2D eigenvalue weighted by Crippen LogP contribution is 2.12. The van der Waals surface area contributed by atoms with Gasteiger partial charge in [0.2, 0.25) is 5.91 Å². The molecule has 100 valence electrons. The van der Waals surface area contributed by atoms with Gasteiger partial charge in [-0.2, -0.15) is 11.8 Å². The number of carbonyl (C=O) groups excluding carboxylic acids is 1. The first kappa shape index (κ1) is 15.5. The molecule has 0 fully saturated rings. The average molecular weight is 332 g/mol. The Labute approximate surface area is 120 Å². The molecule has 2 unspecified atom stereocenters. The van der Waals surface area contributed by atoms with E-state index in [0.29, 0.717) is 6.42 Å². The second-order valence-electron chi connectivity index (χ2n) is 4.12. The SMILES string of the molecule is CSC(CO)C(C)NC(=O)Cc1ccc(Br)cc1. The minimum Gasteiger partial charge on any atom is -0.395 e. The van der Waals surface area contributed by atoms with Crippen molar-refractivity contribution in [3.05, 3.63) is 34.3 Å². The quantitative estimate of drug-likeness (QED) is 0.840. The predicted octanol–water partition coefficient (Wildman–Crippen LogP) is 2.22. The third-order valence-corrected chi connectivity index (χ3v) is 4.40. The second kappa shape index (κ2) is 7.81. The Balaban J connectivity index is 2.48. The highest BCUT2D eigenvalue weighted by atomic mass is 79.9. The van der Waals surface area contributed by atoms with Crippen LogP contribution < -0.4 is 5.32 Å². The van der Waals surface area contributed by atoms with Crippen molar-refractivity contribution in [2.24, 2.45) is 0 Å². The van der Waals surface area contributed by atoms with E-state index in [1.807, 2.05) is 37.4 Å². The fourth-order valence-corrected chi connectivity index (χ4v) is 2.51. The van der Waals surface area contributed by atoms with Crippen LogP contribution in [0.25, 0.3) is 0 Å². The van der Waals surface area contributed by atoms with Gasteiger partial charge in [-0.05, 0) is 30.9 Å². The average Bonchev–Trinajstić information content (AvgIpc) is 2.33. The molecule has 0 spiro atoms. The number of amides is 1. The van der Waals surface area contributed by atoms with Crippen LogP contribution in [0.15, 0.2) is 28.7 Å². The Kier molecular flexibility index (Phi) is 6.75.